The lowest BCUT2D eigenvalue weighted by molar-refractivity contribution is 0.0956. The van der Waals surface area contributed by atoms with Crippen molar-refractivity contribution in [3.05, 3.63) is 33.3 Å². The summed E-state index contributed by atoms with van der Waals surface area (Å²) in [6.07, 6.45) is 0. The summed E-state index contributed by atoms with van der Waals surface area (Å²) < 4.78 is 0.839. The molecule has 0 radical (unpaired) electrons. The number of benzene rings is 1. The quantitative estimate of drug-likeness (QED) is 0.841. The van der Waals surface area contributed by atoms with Crippen LogP contribution < -0.4 is 5.32 Å². The van der Waals surface area contributed by atoms with Crippen LogP contribution in [0.25, 0.3) is 0 Å². The molecule has 0 saturated carbocycles. The first-order chi connectivity index (χ1) is 6.65. The Morgan fingerprint density at radius 2 is 2.21 bits per heavy atom. The highest BCUT2D eigenvalue weighted by atomic mass is 79.9. The molecule has 0 bridgehead atoms. The van der Waals surface area contributed by atoms with Gasteiger partial charge >= 0.3 is 0 Å². The van der Waals surface area contributed by atoms with Crippen molar-refractivity contribution in [1.82, 2.24) is 5.32 Å². The van der Waals surface area contributed by atoms with Crippen LogP contribution in [-0.2, 0) is 0 Å². The number of hydrogen-bond donors (Lipinski definition) is 1. The molecule has 1 N–H and O–H groups in total. The summed E-state index contributed by atoms with van der Waals surface area (Å²) in [5.74, 6) is -0.157. The maximum atomic E-state index is 11.5. The van der Waals surface area contributed by atoms with Crippen LogP contribution in [0.4, 0.5) is 0 Å². The second kappa shape index (κ2) is 5.73. The number of halogens is 3. The molecular weight excluding hydrogens is 333 g/mol. The van der Waals surface area contributed by atoms with E-state index < -0.39 is 0 Å². The molecule has 1 aromatic carbocycles. The van der Waals surface area contributed by atoms with Gasteiger partial charge < -0.3 is 5.32 Å². The summed E-state index contributed by atoms with van der Waals surface area (Å²) >= 11 is 12.4. The molecule has 0 aliphatic rings. The molecule has 0 heterocycles. The van der Waals surface area contributed by atoms with Gasteiger partial charge in [-0.1, -0.05) is 43.5 Å². The highest BCUT2D eigenvalue weighted by molar-refractivity contribution is 9.10. The van der Waals surface area contributed by atoms with Crippen LogP contribution in [0.5, 0.6) is 0 Å². The minimum absolute atomic E-state index is 0.157. The fourth-order valence-electron chi connectivity index (χ4n) is 0.928. The van der Waals surface area contributed by atoms with Crippen molar-refractivity contribution in [3.8, 4) is 0 Å². The minimum Gasteiger partial charge on any atom is -0.351 e. The Labute approximate surface area is 104 Å². The van der Waals surface area contributed by atoms with Gasteiger partial charge in [-0.25, -0.2) is 0 Å². The second-order valence-electron chi connectivity index (χ2n) is 2.57. The molecule has 2 nitrogen and oxygen atoms in total. The van der Waals surface area contributed by atoms with Gasteiger partial charge in [-0.15, -0.1) is 0 Å². The largest absolute Gasteiger partial charge is 0.351 e. The highest BCUT2D eigenvalue weighted by Crippen LogP contribution is 2.20. The molecule has 0 saturated heterocycles. The van der Waals surface area contributed by atoms with Gasteiger partial charge in [0.15, 0.2) is 0 Å². The van der Waals surface area contributed by atoms with Crippen molar-refractivity contribution < 1.29 is 4.79 Å². The summed E-state index contributed by atoms with van der Waals surface area (Å²) in [5, 5.41) is 3.91. The predicted molar refractivity (Wildman–Crippen MR) is 65.3 cm³/mol. The summed E-state index contributed by atoms with van der Waals surface area (Å²) in [4.78, 5) is 11.5. The van der Waals surface area contributed by atoms with Gasteiger partial charge in [-0.2, -0.15) is 0 Å². The Balaban J connectivity index is 2.83. The number of hydrogen-bond acceptors (Lipinski definition) is 1. The van der Waals surface area contributed by atoms with Crippen molar-refractivity contribution in [1.29, 1.82) is 0 Å². The van der Waals surface area contributed by atoms with E-state index in [-0.39, 0.29) is 5.91 Å². The molecular formula is C9H8Br2ClNO. The van der Waals surface area contributed by atoms with E-state index in [0.29, 0.717) is 17.1 Å². The van der Waals surface area contributed by atoms with Gasteiger partial charge in [-0.05, 0) is 18.2 Å². The topological polar surface area (TPSA) is 29.1 Å². The fourth-order valence-corrected chi connectivity index (χ4v) is 1.69. The van der Waals surface area contributed by atoms with Crippen molar-refractivity contribution >= 4 is 49.4 Å². The van der Waals surface area contributed by atoms with Crippen LogP contribution in [0.1, 0.15) is 10.4 Å². The van der Waals surface area contributed by atoms with Crippen molar-refractivity contribution in [2.24, 2.45) is 0 Å². The Hall–Kier alpha value is -0.0600. The van der Waals surface area contributed by atoms with Crippen LogP contribution in [-0.4, -0.2) is 17.8 Å². The molecule has 1 rings (SSSR count). The van der Waals surface area contributed by atoms with Gasteiger partial charge in [0.05, 0.1) is 10.6 Å². The van der Waals surface area contributed by atoms with Gasteiger partial charge in [0.1, 0.15) is 0 Å². The molecule has 5 heteroatoms. The van der Waals surface area contributed by atoms with E-state index >= 15 is 0 Å². The zero-order valence-corrected chi connectivity index (χ0v) is 11.1. The average molecular weight is 341 g/mol. The lowest BCUT2D eigenvalue weighted by Crippen LogP contribution is -2.25. The Morgan fingerprint density at radius 3 is 2.86 bits per heavy atom. The molecule has 0 aromatic heterocycles. The highest BCUT2D eigenvalue weighted by Gasteiger charge is 2.09. The summed E-state index contributed by atoms with van der Waals surface area (Å²) in [6.45, 7) is 0.585. The van der Waals surface area contributed by atoms with E-state index in [2.05, 4.69) is 37.2 Å². The number of amides is 1. The van der Waals surface area contributed by atoms with E-state index in [1.807, 2.05) is 0 Å². The molecule has 0 spiro atoms. The number of rotatable bonds is 3. The van der Waals surface area contributed by atoms with Gasteiger partial charge in [0.2, 0.25) is 0 Å². The Bertz CT molecular complexity index is 344. The maximum Gasteiger partial charge on any atom is 0.252 e. The number of carbonyl (C=O) groups is 1. The lowest BCUT2D eigenvalue weighted by atomic mass is 10.2. The summed E-state index contributed by atoms with van der Waals surface area (Å²) in [7, 11) is 0. The molecule has 76 valence electrons. The molecule has 0 fully saturated rings. The van der Waals surface area contributed by atoms with Gasteiger partial charge in [-0.3, -0.25) is 4.79 Å². The molecule has 0 unspecified atom stereocenters. The number of alkyl halides is 1. The van der Waals surface area contributed by atoms with E-state index in [0.717, 1.165) is 9.80 Å². The SMILES string of the molecule is O=C(NCCBr)c1cc(Br)ccc1Cl. The average Bonchev–Trinajstić information content (AvgIpc) is 2.18. The first-order valence-corrected chi connectivity index (χ1v) is 6.23. The van der Waals surface area contributed by atoms with Gasteiger partial charge in [0, 0.05) is 16.3 Å². The van der Waals surface area contributed by atoms with E-state index in [1.54, 1.807) is 18.2 Å². The zero-order valence-electron chi connectivity index (χ0n) is 7.19. The third-order valence-corrected chi connectivity index (χ3v) is 2.77. The number of nitrogens with one attached hydrogen (secondary N) is 1. The van der Waals surface area contributed by atoms with Crippen molar-refractivity contribution in [2.45, 2.75) is 0 Å². The third-order valence-electron chi connectivity index (χ3n) is 1.55. The molecule has 0 atom stereocenters. The van der Waals surface area contributed by atoms with Crippen LogP contribution in [0, 0.1) is 0 Å². The predicted octanol–water partition coefficient (Wildman–Crippen LogP) is 3.23. The first-order valence-electron chi connectivity index (χ1n) is 3.94. The molecule has 0 aliphatic heterocycles. The van der Waals surface area contributed by atoms with Crippen molar-refractivity contribution in [2.75, 3.05) is 11.9 Å². The summed E-state index contributed by atoms with van der Waals surface area (Å²) in [6, 6.07) is 5.18. The van der Waals surface area contributed by atoms with Crippen molar-refractivity contribution in [3.63, 3.8) is 0 Å². The fraction of sp³-hybridized carbons (Fsp3) is 0.222. The lowest BCUT2D eigenvalue weighted by Gasteiger charge is -2.05. The van der Waals surface area contributed by atoms with Crippen LogP contribution in [0.3, 0.4) is 0 Å². The molecule has 14 heavy (non-hydrogen) atoms. The molecule has 0 aliphatic carbocycles. The normalized spacial score (nSPS) is 9.93. The number of carbonyl (C=O) groups excluding carboxylic acids is 1. The van der Waals surface area contributed by atoms with Crippen LogP contribution in [0.2, 0.25) is 5.02 Å². The Morgan fingerprint density at radius 1 is 1.50 bits per heavy atom. The van der Waals surface area contributed by atoms with E-state index in [1.165, 1.54) is 0 Å². The molecule has 1 aromatic rings. The first kappa shape index (κ1) is 12.0. The second-order valence-corrected chi connectivity index (χ2v) is 4.68. The zero-order chi connectivity index (χ0) is 10.6. The maximum absolute atomic E-state index is 11.5. The smallest absolute Gasteiger partial charge is 0.252 e. The van der Waals surface area contributed by atoms with Crippen LogP contribution in [0.15, 0.2) is 22.7 Å². The van der Waals surface area contributed by atoms with E-state index in [4.69, 9.17) is 11.6 Å². The van der Waals surface area contributed by atoms with Gasteiger partial charge in [0.25, 0.3) is 5.91 Å². The Kier molecular flexibility index (Phi) is 4.92. The standard InChI is InChI=1S/C9H8Br2ClNO/c10-3-4-13-9(14)7-5-6(11)1-2-8(7)12/h1-2,5H,3-4H2,(H,13,14). The monoisotopic (exact) mass is 339 g/mol. The van der Waals surface area contributed by atoms with Crippen LogP contribution >= 0.6 is 43.5 Å². The third kappa shape index (κ3) is 3.26. The molecule has 1 amide bonds. The van der Waals surface area contributed by atoms with E-state index in [9.17, 15) is 4.79 Å². The minimum atomic E-state index is -0.157. The summed E-state index contributed by atoms with van der Waals surface area (Å²) in [5.41, 5.74) is 0.488.